The topological polar surface area (TPSA) is 127 Å². The Balaban J connectivity index is 1.61. The predicted molar refractivity (Wildman–Crippen MR) is 89.0 cm³/mol. The second-order valence-corrected chi connectivity index (χ2v) is 8.06. The zero-order valence-corrected chi connectivity index (χ0v) is 14.0. The first-order valence-electron chi connectivity index (χ1n) is 7.59. The summed E-state index contributed by atoms with van der Waals surface area (Å²) in [5.41, 5.74) is 4.55. The van der Waals surface area contributed by atoms with Crippen LogP contribution >= 0.6 is 0 Å². The summed E-state index contributed by atoms with van der Waals surface area (Å²) in [6.45, 7) is -0.320. The number of benzene rings is 1. The summed E-state index contributed by atoms with van der Waals surface area (Å²) < 4.78 is 23.8. The predicted octanol–water partition coefficient (Wildman–Crippen LogP) is -1.02. The van der Waals surface area contributed by atoms with Crippen LogP contribution in [-0.4, -0.2) is 41.3 Å². The van der Waals surface area contributed by atoms with Crippen molar-refractivity contribution in [1.29, 1.82) is 0 Å². The minimum atomic E-state index is -3.18. The lowest BCUT2D eigenvalue weighted by molar-refractivity contribution is -0.131. The van der Waals surface area contributed by atoms with E-state index >= 15 is 0 Å². The summed E-state index contributed by atoms with van der Waals surface area (Å²) in [4.78, 5) is 40.1. The van der Waals surface area contributed by atoms with Crippen LogP contribution in [0.25, 0.3) is 10.9 Å². The number of hydrazine groups is 1. The Kier molecular flexibility index (Phi) is 4.53. The maximum atomic E-state index is 12.3. The van der Waals surface area contributed by atoms with Crippen LogP contribution < -0.4 is 16.4 Å². The van der Waals surface area contributed by atoms with Crippen LogP contribution in [-0.2, 0) is 26.0 Å². The molecule has 2 aromatic rings. The van der Waals surface area contributed by atoms with Gasteiger partial charge in [-0.05, 0) is 18.6 Å². The molecule has 1 fully saturated rings. The molecule has 3 rings (SSSR count). The monoisotopic (exact) mass is 364 g/mol. The molecule has 25 heavy (non-hydrogen) atoms. The number of amides is 2. The van der Waals surface area contributed by atoms with Crippen molar-refractivity contribution in [3.63, 3.8) is 0 Å². The zero-order valence-electron chi connectivity index (χ0n) is 13.1. The molecule has 0 aliphatic carbocycles. The molecular formula is C15H16N4O5S. The van der Waals surface area contributed by atoms with Crippen molar-refractivity contribution in [3.05, 3.63) is 40.9 Å². The lowest BCUT2D eigenvalue weighted by Gasteiger charge is -2.11. The smallest absolute Gasteiger partial charge is 0.261 e. The molecule has 1 saturated heterocycles. The van der Waals surface area contributed by atoms with Gasteiger partial charge in [-0.25, -0.2) is 13.4 Å². The van der Waals surface area contributed by atoms with Crippen molar-refractivity contribution in [2.75, 3.05) is 11.5 Å². The number of aromatic nitrogens is 2. The van der Waals surface area contributed by atoms with Crippen LogP contribution in [0.2, 0.25) is 0 Å². The van der Waals surface area contributed by atoms with Gasteiger partial charge in [-0.3, -0.25) is 29.8 Å². The molecule has 0 radical (unpaired) electrons. The first-order valence-corrected chi connectivity index (χ1v) is 9.41. The third kappa shape index (κ3) is 3.85. The fraction of sp³-hybridized carbons (Fsp3) is 0.333. The van der Waals surface area contributed by atoms with E-state index in [9.17, 15) is 22.8 Å². The lowest BCUT2D eigenvalue weighted by atomic mass is 10.1. The Morgan fingerprint density at radius 3 is 2.72 bits per heavy atom. The van der Waals surface area contributed by atoms with Crippen LogP contribution in [0.5, 0.6) is 0 Å². The highest BCUT2D eigenvalue weighted by Gasteiger charge is 2.33. The van der Waals surface area contributed by atoms with E-state index in [0.717, 1.165) is 4.57 Å². The molecule has 1 aliphatic heterocycles. The Bertz CT molecular complexity index is 998. The minimum absolute atomic E-state index is 0.0306. The fourth-order valence-electron chi connectivity index (χ4n) is 2.65. The van der Waals surface area contributed by atoms with Crippen molar-refractivity contribution in [2.45, 2.75) is 13.0 Å². The number of nitrogens with one attached hydrogen (secondary N) is 2. The summed E-state index contributed by atoms with van der Waals surface area (Å²) in [5.74, 6) is -2.10. The van der Waals surface area contributed by atoms with E-state index in [1.54, 1.807) is 24.3 Å². The number of carbonyl (C=O) groups excluding carboxylic acids is 2. The summed E-state index contributed by atoms with van der Waals surface area (Å²) in [6, 6.07) is 6.76. The van der Waals surface area contributed by atoms with Crippen molar-refractivity contribution < 1.29 is 18.0 Å². The van der Waals surface area contributed by atoms with Crippen LogP contribution in [0.15, 0.2) is 35.4 Å². The molecule has 0 saturated carbocycles. The van der Waals surface area contributed by atoms with Crippen LogP contribution in [0.3, 0.4) is 0 Å². The first-order chi connectivity index (χ1) is 11.9. The highest BCUT2D eigenvalue weighted by molar-refractivity contribution is 7.91. The van der Waals surface area contributed by atoms with Crippen molar-refractivity contribution in [1.82, 2.24) is 20.4 Å². The van der Waals surface area contributed by atoms with Crippen LogP contribution in [0.4, 0.5) is 0 Å². The average Bonchev–Trinajstić information content (AvgIpc) is 2.95. The summed E-state index contributed by atoms with van der Waals surface area (Å²) >= 11 is 0. The molecule has 1 aromatic carbocycles. The van der Waals surface area contributed by atoms with E-state index < -0.39 is 27.6 Å². The summed E-state index contributed by atoms with van der Waals surface area (Å²) in [6.07, 6.45) is 1.49. The lowest BCUT2D eigenvalue weighted by Crippen LogP contribution is -2.46. The second kappa shape index (κ2) is 6.63. The van der Waals surface area contributed by atoms with Crippen molar-refractivity contribution in [3.8, 4) is 0 Å². The molecule has 1 atom stereocenters. The molecule has 1 aromatic heterocycles. The highest BCUT2D eigenvalue weighted by Crippen LogP contribution is 2.17. The summed E-state index contributed by atoms with van der Waals surface area (Å²) in [7, 11) is -3.18. The van der Waals surface area contributed by atoms with Gasteiger partial charge in [-0.1, -0.05) is 12.1 Å². The molecule has 132 valence electrons. The standard InChI is InChI=1S/C15H16N4O5S/c20-13(17-18-14(21)10-5-6-25(23,24)8-10)7-19-9-16-12-4-2-1-3-11(12)15(19)22/h1-4,9-10H,5-8H2,(H,17,20)(H,18,21)/t10-/m1/s1. The largest absolute Gasteiger partial charge is 0.289 e. The Hall–Kier alpha value is -2.75. The van der Waals surface area contributed by atoms with E-state index in [4.69, 9.17) is 0 Å². The quantitative estimate of drug-likeness (QED) is 0.671. The molecule has 9 nitrogen and oxygen atoms in total. The van der Waals surface area contributed by atoms with Crippen molar-refractivity contribution >= 4 is 32.6 Å². The van der Waals surface area contributed by atoms with Gasteiger partial charge in [-0.2, -0.15) is 0 Å². The van der Waals surface area contributed by atoms with Gasteiger partial charge in [0.2, 0.25) is 5.91 Å². The first kappa shape index (κ1) is 17.1. The van der Waals surface area contributed by atoms with Gasteiger partial charge >= 0.3 is 0 Å². The number of rotatable bonds is 3. The highest BCUT2D eigenvalue weighted by atomic mass is 32.2. The number of hydrogen-bond acceptors (Lipinski definition) is 6. The van der Waals surface area contributed by atoms with Gasteiger partial charge in [-0.15, -0.1) is 0 Å². The molecule has 1 aliphatic rings. The molecular weight excluding hydrogens is 348 g/mol. The third-order valence-corrected chi connectivity index (χ3v) is 5.74. The third-order valence-electron chi connectivity index (χ3n) is 3.97. The number of para-hydroxylation sites is 1. The average molecular weight is 364 g/mol. The maximum absolute atomic E-state index is 12.3. The van der Waals surface area contributed by atoms with Gasteiger partial charge in [0.25, 0.3) is 11.5 Å². The second-order valence-electron chi connectivity index (χ2n) is 5.83. The minimum Gasteiger partial charge on any atom is -0.289 e. The number of nitrogens with zero attached hydrogens (tertiary/aromatic N) is 2. The normalized spacial score (nSPS) is 18.8. The molecule has 2 amide bonds. The molecule has 2 N–H and O–H groups in total. The van der Waals surface area contributed by atoms with Crippen LogP contribution in [0.1, 0.15) is 6.42 Å². The van der Waals surface area contributed by atoms with Gasteiger partial charge in [0, 0.05) is 0 Å². The maximum Gasteiger partial charge on any atom is 0.261 e. The Labute approximate surface area is 142 Å². The van der Waals surface area contributed by atoms with Crippen LogP contribution in [0, 0.1) is 5.92 Å². The van der Waals surface area contributed by atoms with E-state index in [2.05, 4.69) is 15.8 Å². The van der Waals surface area contributed by atoms with Gasteiger partial charge in [0.1, 0.15) is 6.54 Å². The number of carbonyl (C=O) groups is 2. The molecule has 0 unspecified atom stereocenters. The molecule has 10 heteroatoms. The van der Waals surface area contributed by atoms with E-state index in [1.165, 1.54) is 6.33 Å². The van der Waals surface area contributed by atoms with E-state index in [0.29, 0.717) is 10.9 Å². The molecule has 2 heterocycles. The summed E-state index contributed by atoms with van der Waals surface area (Å²) in [5, 5.41) is 0.387. The Morgan fingerprint density at radius 1 is 1.24 bits per heavy atom. The van der Waals surface area contributed by atoms with Crippen molar-refractivity contribution in [2.24, 2.45) is 5.92 Å². The van der Waals surface area contributed by atoms with E-state index in [1.807, 2.05) is 0 Å². The zero-order chi connectivity index (χ0) is 18.0. The number of hydrogen-bond donors (Lipinski definition) is 2. The molecule has 0 spiro atoms. The number of fused-ring (bicyclic) bond motifs is 1. The SMILES string of the molecule is O=C(Cn1cnc2ccccc2c1=O)NNC(=O)[C@@H]1CCS(=O)(=O)C1. The van der Waals surface area contributed by atoms with Gasteiger partial charge in [0.15, 0.2) is 9.84 Å². The Morgan fingerprint density at radius 2 is 2.00 bits per heavy atom. The number of sulfone groups is 1. The molecule has 0 bridgehead atoms. The van der Waals surface area contributed by atoms with Gasteiger partial charge < -0.3 is 0 Å². The van der Waals surface area contributed by atoms with E-state index in [-0.39, 0.29) is 30.0 Å². The van der Waals surface area contributed by atoms with Gasteiger partial charge in [0.05, 0.1) is 34.7 Å². The fourth-order valence-corrected chi connectivity index (χ4v) is 4.39.